The van der Waals surface area contributed by atoms with Gasteiger partial charge in [-0.15, -0.1) is 0 Å². The predicted octanol–water partition coefficient (Wildman–Crippen LogP) is 4.15. The van der Waals surface area contributed by atoms with E-state index in [4.69, 9.17) is 5.73 Å². The normalized spacial score (nSPS) is 13.6. The second-order valence-electron chi connectivity index (χ2n) is 6.62. The molecule has 1 aliphatic rings. The number of nitrogens with two attached hydrogens (primary N) is 1. The molecule has 3 aromatic carbocycles. The van der Waals surface area contributed by atoms with Gasteiger partial charge in [0, 0.05) is 27.6 Å². The van der Waals surface area contributed by atoms with Gasteiger partial charge < -0.3 is 5.73 Å². The molecule has 25 heavy (non-hydrogen) atoms. The molecular weight excluding hydrogens is 312 g/mol. The molecule has 0 fully saturated rings. The van der Waals surface area contributed by atoms with E-state index in [9.17, 15) is 9.59 Å². The Morgan fingerprint density at radius 3 is 2.28 bits per heavy atom. The lowest BCUT2D eigenvalue weighted by atomic mass is 9.90. The van der Waals surface area contributed by atoms with Crippen molar-refractivity contribution >= 4 is 34.0 Å². The molecule has 0 radical (unpaired) electrons. The van der Waals surface area contributed by atoms with E-state index < -0.39 is 0 Å². The Balaban J connectivity index is 2.03. The van der Waals surface area contributed by atoms with Crippen LogP contribution < -0.4 is 10.6 Å². The van der Waals surface area contributed by atoms with Crippen molar-refractivity contribution in [3.8, 4) is 0 Å². The highest BCUT2D eigenvalue weighted by Crippen LogP contribution is 2.37. The Kier molecular flexibility index (Phi) is 3.19. The Bertz CT molecular complexity index is 1080. The number of nitrogens with zero attached hydrogens (tertiary/aromatic N) is 1. The maximum atomic E-state index is 13.2. The Morgan fingerprint density at radius 2 is 1.56 bits per heavy atom. The second kappa shape index (κ2) is 5.18. The zero-order valence-electron chi connectivity index (χ0n) is 14.4. The first-order chi connectivity index (χ1) is 11.9. The van der Waals surface area contributed by atoms with Crippen LogP contribution in [-0.2, 0) is 0 Å². The maximum Gasteiger partial charge on any atom is 0.266 e. The predicted molar refractivity (Wildman–Crippen MR) is 100 cm³/mol. The lowest BCUT2D eigenvalue weighted by Crippen LogP contribution is -2.41. The van der Waals surface area contributed by atoms with Gasteiger partial charge in [0.25, 0.3) is 11.8 Å². The van der Waals surface area contributed by atoms with Crippen LogP contribution in [0.1, 0.15) is 37.4 Å². The van der Waals surface area contributed by atoms with Crippen molar-refractivity contribution in [2.75, 3.05) is 10.6 Å². The average molecular weight is 330 g/mol. The third-order valence-corrected chi connectivity index (χ3v) is 4.87. The fourth-order valence-corrected chi connectivity index (χ4v) is 3.60. The second-order valence-corrected chi connectivity index (χ2v) is 6.62. The van der Waals surface area contributed by atoms with E-state index in [1.165, 1.54) is 4.90 Å². The van der Waals surface area contributed by atoms with E-state index >= 15 is 0 Å². The van der Waals surface area contributed by atoms with Crippen LogP contribution in [-0.4, -0.2) is 11.8 Å². The van der Waals surface area contributed by atoms with Gasteiger partial charge in [0.1, 0.15) is 0 Å². The van der Waals surface area contributed by atoms with Gasteiger partial charge in [-0.1, -0.05) is 29.8 Å². The number of aryl methyl sites for hydroxylation is 3. The van der Waals surface area contributed by atoms with Crippen LogP contribution in [0.5, 0.6) is 0 Å². The number of nitrogen functional groups attached to an aromatic ring is 1. The summed E-state index contributed by atoms with van der Waals surface area (Å²) in [6, 6.07) is 12.9. The van der Waals surface area contributed by atoms with E-state index in [0.717, 1.165) is 22.1 Å². The molecule has 0 unspecified atom stereocenters. The number of imide groups is 1. The molecule has 0 aromatic heterocycles. The standard InChI is InChI=1S/C21H18N2O2/c1-11-7-8-17(12(2)9-11)23-20(24)15-6-4-5-14-18(15)16(21(23)25)10-13(3)19(14)22/h4-10H,22H2,1-3H3. The largest absolute Gasteiger partial charge is 0.398 e. The van der Waals surface area contributed by atoms with Crippen molar-refractivity contribution in [1.82, 2.24) is 0 Å². The number of carbonyl (C=O) groups is 2. The van der Waals surface area contributed by atoms with Crippen LogP contribution in [0.2, 0.25) is 0 Å². The molecule has 1 aliphatic heterocycles. The highest BCUT2D eigenvalue weighted by molar-refractivity contribution is 6.36. The topological polar surface area (TPSA) is 63.4 Å². The minimum absolute atomic E-state index is 0.302. The van der Waals surface area contributed by atoms with Crippen molar-refractivity contribution in [2.45, 2.75) is 20.8 Å². The number of anilines is 2. The Labute approximate surface area is 145 Å². The number of hydrogen-bond donors (Lipinski definition) is 1. The van der Waals surface area contributed by atoms with Crippen LogP contribution in [0.3, 0.4) is 0 Å². The molecule has 0 saturated carbocycles. The fraction of sp³-hybridized carbons (Fsp3) is 0.143. The van der Waals surface area contributed by atoms with Crippen molar-refractivity contribution < 1.29 is 9.59 Å². The molecule has 3 aromatic rings. The van der Waals surface area contributed by atoms with Gasteiger partial charge in [0.2, 0.25) is 0 Å². The number of rotatable bonds is 1. The molecule has 4 heteroatoms. The van der Waals surface area contributed by atoms with E-state index in [1.807, 2.05) is 51.1 Å². The minimum atomic E-state index is -0.307. The Morgan fingerprint density at radius 1 is 0.840 bits per heavy atom. The van der Waals surface area contributed by atoms with E-state index in [1.54, 1.807) is 12.1 Å². The summed E-state index contributed by atoms with van der Waals surface area (Å²) in [5.41, 5.74) is 11.3. The van der Waals surface area contributed by atoms with Gasteiger partial charge >= 0.3 is 0 Å². The first-order valence-corrected chi connectivity index (χ1v) is 8.18. The highest BCUT2D eigenvalue weighted by atomic mass is 16.2. The van der Waals surface area contributed by atoms with Gasteiger partial charge in [0.05, 0.1) is 5.69 Å². The molecule has 0 bridgehead atoms. The van der Waals surface area contributed by atoms with Gasteiger partial charge in [0.15, 0.2) is 0 Å². The molecular formula is C21H18N2O2. The summed E-state index contributed by atoms with van der Waals surface area (Å²) in [5, 5.41) is 1.41. The summed E-state index contributed by atoms with van der Waals surface area (Å²) >= 11 is 0. The molecule has 4 rings (SSSR count). The quantitative estimate of drug-likeness (QED) is 0.538. The van der Waals surface area contributed by atoms with E-state index in [2.05, 4.69) is 0 Å². The lowest BCUT2D eigenvalue weighted by Gasteiger charge is -2.29. The maximum absolute atomic E-state index is 13.2. The first kappa shape index (κ1) is 15.4. The van der Waals surface area contributed by atoms with Crippen molar-refractivity contribution in [3.63, 3.8) is 0 Å². The number of hydrogen-bond acceptors (Lipinski definition) is 3. The number of amides is 2. The average Bonchev–Trinajstić information content (AvgIpc) is 2.58. The minimum Gasteiger partial charge on any atom is -0.398 e. The van der Waals surface area contributed by atoms with Gasteiger partial charge in [-0.3, -0.25) is 9.59 Å². The third kappa shape index (κ3) is 2.07. The van der Waals surface area contributed by atoms with E-state index in [0.29, 0.717) is 27.9 Å². The third-order valence-electron chi connectivity index (χ3n) is 4.87. The van der Waals surface area contributed by atoms with Gasteiger partial charge in [-0.25, -0.2) is 4.90 Å². The molecule has 0 spiro atoms. The molecule has 1 heterocycles. The Hall–Kier alpha value is -3.14. The van der Waals surface area contributed by atoms with Crippen LogP contribution in [0, 0.1) is 20.8 Å². The number of carbonyl (C=O) groups excluding carboxylic acids is 2. The SMILES string of the molecule is Cc1ccc(N2C(=O)c3cccc4c(N)c(C)cc(c34)C2=O)c(C)c1. The molecule has 124 valence electrons. The van der Waals surface area contributed by atoms with E-state index in [-0.39, 0.29) is 11.8 Å². The summed E-state index contributed by atoms with van der Waals surface area (Å²) < 4.78 is 0. The molecule has 0 atom stereocenters. The summed E-state index contributed by atoms with van der Waals surface area (Å²) in [7, 11) is 0. The van der Waals surface area contributed by atoms with Crippen LogP contribution in [0.25, 0.3) is 10.8 Å². The van der Waals surface area contributed by atoms with Crippen LogP contribution in [0.15, 0.2) is 42.5 Å². The highest BCUT2D eigenvalue weighted by Gasteiger charge is 2.35. The summed E-state index contributed by atoms with van der Waals surface area (Å²) in [6.07, 6.45) is 0. The zero-order valence-corrected chi connectivity index (χ0v) is 14.4. The van der Waals surface area contributed by atoms with Crippen LogP contribution >= 0.6 is 0 Å². The molecule has 2 amide bonds. The van der Waals surface area contributed by atoms with Crippen molar-refractivity contribution in [2.24, 2.45) is 0 Å². The van der Waals surface area contributed by atoms with Crippen molar-refractivity contribution in [1.29, 1.82) is 0 Å². The molecule has 2 N–H and O–H groups in total. The molecule has 4 nitrogen and oxygen atoms in total. The zero-order chi connectivity index (χ0) is 17.9. The van der Waals surface area contributed by atoms with Crippen molar-refractivity contribution in [3.05, 3.63) is 70.3 Å². The number of benzene rings is 3. The van der Waals surface area contributed by atoms with Gasteiger partial charge in [-0.05, 0) is 50.1 Å². The molecule has 0 aliphatic carbocycles. The first-order valence-electron chi connectivity index (χ1n) is 8.18. The lowest BCUT2D eigenvalue weighted by molar-refractivity contribution is 0.0893. The summed E-state index contributed by atoms with van der Waals surface area (Å²) in [5.74, 6) is -0.609. The molecule has 0 saturated heterocycles. The monoisotopic (exact) mass is 330 g/mol. The summed E-state index contributed by atoms with van der Waals surface area (Å²) in [4.78, 5) is 27.6. The fourth-order valence-electron chi connectivity index (χ4n) is 3.60. The smallest absolute Gasteiger partial charge is 0.266 e. The van der Waals surface area contributed by atoms with Gasteiger partial charge in [-0.2, -0.15) is 0 Å². The summed E-state index contributed by atoms with van der Waals surface area (Å²) in [6.45, 7) is 5.77. The van der Waals surface area contributed by atoms with Crippen LogP contribution in [0.4, 0.5) is 11.4 Å².